The summed E-state index contributed by atoms with van der Waals surface area (Å²) < 4.78 is 20.9. The van der Waals surface area contributed by atoms with Crippen molar-refractivity contribution in [2.24, 2.45) is 0 Å². The molecule has 8 nitrogen and oxygen atoms in total. The molecular weight excluding hydrogens is 390 g/mol. The van der Waals surface area contributed by atoms with Gasteiger partial charge in [0.15, 0.2) is 0 Å². The van der Waals surface area contributed by atoms with Crippen molar-refractivity contribution in [3.8, 4) is 5.75 Å². The van der Waals surface area contributed by atoms with Gasteiger partial charge in [0, 0.05) is 0 Å². The molecule has 0 bridgehead atoms. The smallest absolute Gasteiger partial charge is 0.420 e. The highest BCUT2D eigenvalue weighted by molar-refractivity contribution is 5.94. The quantitative estimate of drug-likeness (QED) is 0.496. The van der Waals surface area contributed by atoms with Crippen LogP contribution in [0.1, 0.15) is 53.5 Å². The molecule has 0 aromatic heterocycles. The van der Waals surface area contributed by atoms with Crippen LogP contribution in [0.25, 0.3) is 0 Å². The molecule has 0 aliphatic rings. The van der Waals surface area contributed by atoms with Crippen molar-refractivity contribution in [3.05, 3.63) is 29.8 Å². The lowest BCUT2D eigenvalue weighted by molar-refractivity contribution is -0.146. The highest BCUT2D eigenvalue weighted by Gasteiger charge is 2.40. The van der Waals surface area contributed by atoms with Gasteiger partial charge in [0.25, 0.3) is 0 Å². The van der Waals surface area contributed by atoms with Gasteiger partial charge in [0.05, 0.1) is 14.2 Å². The fourth-order valence-corrected chi connectivity index (χ4v) is 2.64. The third-order valence-corrected chi connectivity index (χ3v) is 3.84. The lowest BCUT2D eigenvalue weighted by atomic mass is 10.0. The predicted octanol–water partition coefficient (Wildman–Crippen LogP) is 4.34. The first kappa shape index (κ1) is 25.3. The van der Waals surface area contributed by atoms with Crippen molar-refractivity contribution in [1.29, 1.82) is 0 Å². The van der Waals surface area contributed by atoms with E-state index >= 15 is 0 Å². The summed E-state index contributed by atoms with van der Waals surface area (Å²) in [6.07, 6.45) is -1.50. The second-order valence-corrected chi connectivity index (χ2v) is 8.72. The summed E-state index contributed by atoms with van der Waals surface area (Å²) in [6, 6.07) is 6.07. The van der Waals surface area contributed by atoms with Crippen LogP contribution in [0.3, 0.4) is 0 Å². The zero-order valence-corrected chi connectivity index (χ0v) is 19.1. The molecule has 168 valence electrons. The van der Waals surface area contributed by atoms with Crippen molar-refractivity contribution >= 4 is 18.2 Å². The minimum absolute atomic E-state index is 0.103. The van der Waals surface area contributed by atoms with E-state index < -0.39 is 35.4 Å². The number of ether oxygens (including phenoxy) is 4. The average molecular weight is 424 g/mol. The van der Waals surface area contributed by atoms with E-state index in [4.69, 9.17) is 18.9 Å². The van der Waals surface area contributed by atoms with Crippen molar-refractivity contribution in [3.63, 3.8) is 0 Å². The van der Waals surface area contributed by atoms with E-state index in [2.05, 4.69) is 0 Å². The first-order valence-electron chi connectivity index (χ1n) is 9.74. The van der Waals surface area contributed by atoms with Crippen molar-refractivity contribution in [2.75, 3.05) is 14.2 Å². The summed E-state index contributed by atoms with van der Waals surface area (Å²) in [5.74, 6) is -0.108. The van der Waals surface area contributed by atoms with Gasteiger partial charge in [-0.2, -0.15) is 4.90 Å². The van der Waals surface area contributed by atoms with Gasteiger partial charge in [-0.25, -0.2) is 14.4 Å². The Labute approximate surface area is 178 Å². The highest BCUT2D eigenvalue weighted by Crippen LogP contribution is 2.23. The van der Waals surface area contributed by atoms with E-state index in [9.17, 15) is 14.4 Å². The SMILES string of the molecule is COC(=O)C(CCc1ccccc1OC)N(C(=O)OC(C)(C)C)C(=O)OC(C)(C)C. The molecule has 0 radical (unpaired) electrons. The Balaban J connectivity index is 3.26. The molecule has 0 aliphatic heterocycles. The number of imide groups is 1. The number of hydrogen-bond acceptors (Lipinski definition) is 7. The topological polar surface area (TPSA) is 91.4 Å². The number of para-hydroxylation sites is 1. The summed E-state index contributed by atoms with van der Waals surface area (Å²) in [5, 5.41) is 0. The Hall–Kier alpha value is -2.77. The van der Waals surface area contributed by atoms with E-state index in [-0.39, 0.29) is 6.42 Å². The number of amides is 2. The molecule has 0 saturated carbocycles. The van der Waals surface area contributed by atoms with Crippen molar-refractivity contribution in [1.82, 2.24) is 4.90 Å². The first-order valence-corrected chi connectivity index (χ1v) is 9.74. The lowest BCUT2D eigenvalue weighted by Gasteiger charge is -2.32. The van der Waals surface area contributed by atoms with Crippen LogP contribution in [-0.2, 0) is 25.4 Å². The zero-order valence-electron chi connectivity index (χ0n) is 19.1. The zero-order chi connectivity index (χ0) is 23.1. The van der Waals surface area contributed by atoms with Gasteiger partial charge in [0.1, 0.15) is 23.0 Å². The van der Waals surface area contributed by atoms with Crippen LogP contribution >= 0.6 is 0 Å². The average Bonchev–Trinajstić information content (AvgIpc) is 2.61. The van der Waals surface area contributed by atoms with Gasteiger partial charge in [-0.3, -0.25) is 0 Å². The van der Waals surface area contributed by atoms with Crippen LogP contribution in [0, 0.1) is 0 Å². The summed E-state index contributed by atoms with van der Waals surface area (Å²) in [6.45, 7) is 10.0. The molecule has 1 aromatic rings. The van der Waals surface area contributed by atoms with Gasteiger partial charge >= 0.3 is 18.2 Å². The van der Waals surface area contributed by atoms with E-state index in [1.807, 2.05) is 18.2 Å². The molecule has 1 rings (SSSR count). The Bertz CT molecular complexity index is 719. The molecule has 30 heavy (non-hydrogen) atoms. The molecular formula is C22H33NO7. The number of carbonyl (C=O) groups excluding carboxylic acids is 3. The Morgan fingerprint density at radius 2 is 1.40 bits per heavy atom. The summed E-state index contributed by atoms with van der Waals surface area (Å²) in [5.41, 5.74) is -0.927. The second kappa shape index (κ2) is 10.3. The van der Waals surface area contributed by atoms with Crippen LogP contribution in [0.2, 0.25) is 0 Å². The minimum Gasteiger partial charge on any atom is -0.496 e. The molecule has 2 amide bonds. The molecule has 0 heterocycles. The van der Waals surface area contributed by atoms with Crippen LogP contribution in [-0.4, -0.2) is 54.5 Å². The largest absolute Gasteiger partial charge is 0.496 e. The van der Waals surface area contributed by atoms with E-state index in [0.29, 0.717) is 17.1 Å². The number of benzene rings is 1. The molecule has 1 atom stereocenters. The number of carbonyl (C=O) groups is 3. The molecule has 0 N–H and O–H groups in total. The monoisotopic (exact) mass is 423 g/mol. The molecule has 0 spiro atoms. The number of rotatable bonds is 6. The number of hydrogen-bond donors (Lipinski definition) is 0. The van der Waals surface area contributed by atoms with Crippen LogP contribution in [0.5, 0.6) is 5.75 Å². The van der Waals surface area contributed by atoms with Crippen LogP contribution < -0.4 is 4.74 Å². The van der Waals surface area contributed by atoms with E-state index in [1.165, 1.54) is 7.11 Å². The summed E-state index contributed by atoms with van der Waals surface area (Å²) >= 11 is 0. The fraction of sp³-hybridized carbons (Fsp3) is 0.591. The summed E-state index contributed by atoms with van der Waals surface area (Å²) in [7, 11) is 2.74. The fourth-order valence-electron chi connectivity index (χ4n) is 2.64. The molecule has 1 unspecified atom stereocenters. The van der Waals surface area contributed by atoms with E-state index in [0.717, 1.165) is 5.56 Å². The first-order chi connectivity index (χ1) is 13.8. The molecule has 1 aromatic carbocycles. The maximum Gasteiger partial charge on any atom is 0.420 e. The molecule has 8 heteroatoms. The summed E-state index contributed by atoms with van der Waals surface area (Å²) in [4.78, 5) is 39.0. The number of aryl methyl sites for hydroxylation is 1. The third kappa shape index (κ3) is 7.93. The van der Waals surface area contributed by atoms with Crippen molar-refractivity contribution in [2.45, 2.75) is 71.6 Å². The van der Waals surface area contributed by atoms with Gasteiger partial charge in [-0.15, -0.1) is 0 Å². The molecule has 0 fully saturated rings. The minimum atomic E-state index is -1.23. The Morgan fingerprint density at radius 1 is 0.900 bits per heavy atom. The molecule has 0 saturated heterocycles. The van der Waals surface area contributed by atoms with Gasteiger partial charge in [0.2, 0.25) is 0 Å². The Kier molecular flexibility index (Phi) is 8.69. The van der Waals surface area contributed by atoms with Gasteiger partial charge in [-0.1, -0.05) is 18.2 Å². The van der Waals surface area contributed by atoms with Crippen LogP contribution in [0.15, 0.2) is 24.3 Å². The molecule has 0 aliphatic carbocycles. The Morgan fingerprint density at radius 3 is 1.83 bits per heavy atom. The predicted molar refractivity (Wildman–Crippen MR) is 111 cm³/mol. The third-order valence-electron chi connectivity index (χ3n) is 3.84. The maximum absolute atomic E-state index is 12.9. The lowest BCUT2D eigenvalue weighted by Crippen LogP contribution is -2.52. The normalized spacial score (nSPS) is 12.5. The number of methoxy groups -OCH3 is 2. The van der Waals surface area contributed by atoms with Gasteiger partial charge in [-0.05, 0) is 66.0 Å². The second-order valence-electron chi connectivity index (χ2n) is 8.72. The number of nitrogens with zero attached hydrogens (tertiary/aromatic N) is 1. The number of esters is 1. The maximum atomic E-state index is 12.9. The standard InChI is InChI=1S/C22H33NO7/c1-21(2,3)29-19(25)23(20(26)30-22(4,5)6)16(18(24)28-8)14-13-15-11-9-10-12-17(15)27-7/h9-12,16H,13-14H2,1-8H3. The van der Waals surface area contributed by atoms with Gasteiger partial charge < -0.3 is 18.9 Å². The van der Waals surface area contributed by atoms with Crippen molar-refractivity contribution < 1.29 is 33.3 Å². The van der Waals surface area contributed by atoms with E-state index in [1.54, 1.807) is 54.7 Å². The van der Waals surface area contributed by atoms with Crippen LogP contribution in [0.4, 0.5) is 9.59 Å². The highest BCUT2D eigenvalue weighted by atomic mass is 16.6.